The predicted octanol–water partition coefficient (Wildman–Crippen LogP) is -1.84. The molecule has 2 aromatic rings. The number of anilines is 1. The fourth-order valence-electron chi connectivity index (χ4n) is 2.77. The van der Waals surface area contributed by atoms with E-state index in [9.17, 15) is 15.3 Å². The van der Waals surface area contributed by atoms with Crippen LogP contribution in [0.25, 0.3) is 11.2 Å². The molecule has 1 aliphatic heterocycles. The first-order valence-corrected chi connectivity index (χ1v) is 6.19. The molecule has 1 aliphatic carbocycles. The molecule has 1 saturated heterocycles. The number of ether oxygens (including phenoxy) is 1. The molecule has 2 unspecified atom stereocenters. The molecule has 1 spiro atoms. The summed E-state index contributed by atoms with van der Waals surface area (Å²) in [5.41, 5.74) is 5.42. The number of nitrogens with two attached hydrogens (primary N) is 1. The average molecular weight is 279 g/mol. The largest absolute Gasteiger partial charge is 0.390 e. The Hall–Kier alpha value is -1.81. The predicted molar refractivity (Wildman–Crippen MR) is 65.2 cm³/mol. The number of hydrogen-bond acceptors (Lipinski definition) is 8. The lowest BCUT2D eigenvalue weighted by atomic mass is 10.1. The van der Waals surface area contributed by atoms with Crippen molar-refractivity contribution < 1.29 is 20.1 Å². The number of nitrogens with zero attached hydrogens (tertiary/aromatic N) is 4. The fourth-order valence-corrected chi connectivity index (χ4v) is 2.77. The van der Waals surface area contributed by atoms with Gasteiger partial charge in [-0.05, 0) is 0 Å². The van der Waals surface area contributed by atoms with Crippen molar-refractivity contribution in [1.29, 1.82) is 0 Å². The Kier molecular flexibility index (Phi) is 2.18. The summed E-state index contributed by atoms with van der Waals surface area (Å²) in [6.07, 6.45) is -0.974. The Bertz CT molecular complexity index is 691. The average Bonchev–Trinajstić information content (AvgIpc) is 2.80. The van der Waals surface area contributed by atoms with Crippen LogP contribution in [0.3, 0.4) is 0 Å². The van der Waals surface area contributed by atoms with Gasteiger partial charge in [0, 0.05) is 6.42 Å². The zero-order chi connectivity index (χ0) is 14.1. The van der Waals surface area contributed by atoms with E-state index in [2.05, 4.69) is 15.0 Å². The van der Waals surface area contributed by atoms with Gasteiger partial charge in [0.15, 0.2) is 17.7 Å². The molecule has 2 fully saturated rings. The van der Waals surface area contributed by atoms with Crippen molar-refractivity contribution in [3.63, 3.8) is 0 Å². The van der Waals surface area contributed by atoms with Crippen LogP contribution in [0.1, 0.15) is 12.6 Å². The Labute approximate surface area is 112 Å². The highest BCUT2D eigenvalue weighted by Gasteiger charge is 2.69. The van der Waals surface area contributed by atoms with Crippen molar-refractivity contribution in [2.45, 2.75) is 36.6 Å². The van der Waals surface area contributed by atoms with Crippen molar-refractivity contribution in [2.24, 2.45) is 0 Å². The minimum Gasteiger partial charge on any atom is -0.390 e. The molecule has 20 heavy (non-hydrogen) atoms. The molecule has 0 radical (unpaired) electrons. The van der Waals surface area contributed by atoms with Gasteiger partial charge in [-0.2, -0.15) is 0 Å². The van der Waals surface area contributed by atoms with Crippen LogP contribution >= 0.6 is 0 Å². The van der Waals surface area contributed by atoms with Gasteiger partial charge in [0.1, 0.15) is 29.7 Å². The van der Waals surface area contributed by atoms with Gasteiger partial charge >= 0.3 is 0 Å². The molecule has 0 amide bonds. The first kappa shape index (κ1) is 12.0. The zero-order valence-corrected chi connectivity index (χ0v) is 10.3. The quantitative estimate of drug-likeness (QED) is 0.477. The number of aliphatic hydroxyl groups is 3. The van der Waals surface area contributed by atoms with Crippen LogP contribution in [-0.4, -0.2) is 58.8 Å². The highest BCUT2D eigenvalue weighted by atomic mass is 16.6. The summed E-state index contributed by atoms with van der Waals surface area (Å²) in [7, 11) is 0. The van der Waals surface area contributed by atoms with Crippen LogP contribution in [0.4, 0.5) is 5.82 Å². The van der Waals surface area contributed by atoms with Crippen LogP contribution in [0.5, 0.6) is 0 Å². The van der Waals surface area contributed by atoms with Crippen LogP contribution in [0, 0.1) is 0 Å². The van der Waals surface area contributed by atoms with Gasteiger partial charge in [0.05, 0.1) is 12.4 Å². The van der Waals surface area contributed by atoms with Gasteiger partial charge in [0.25, 0.3) is 0 Å². The Balaban J connectivity index is 1.79. The number of nitrogen functional groups attached to an aromatic ring is 1. The van der Waals surface area contributed by atoms with Crippen LogP contribution in [-0.2, 0) is 4.74 Å². The fraction of sp³-hybridized carbons (Fsp3) is 0.545. The van der Waals surface area contributed by atoms with Crippen LogP contribution in [0.2, 0.25) is 0 Å². The summed E-state index contributed by atoms with van der Waals surface area (Å²) < 4.78 is 7.15. The van der Waals surface area contributed by atoms with E-state index in [1.807, 2.05) is 0 Å². The molecule has 4 rings (SSSR count). The number of rotatable bonds is 1. The molecule has 9 nitrogen and oxygen atoms in total. The standard InChI is InChI=1S/C11H13N5O4/c12-8-5-9(14-2-13-8)16(3-15-5)10-6(18)7(19)11(20-10)1-4(11)17/h2-4,6-7,10,17-19H,1H2,(H2,12,13,14)/t4-,6-,7?,10?,11-/m0/s1. The minimum atomic E-state index is -1.18. The third kappa shape index (κ3) is 1.32. The van der Waals surface area contributed by atoms with E-state index in [0.29, 0.717) is 17.6 Å². The summed E-state index contributed by atoms with van der Waals surface area (Å²) in [4.78, 5) is 12.0. The number of aliphatic hydroxyl groups excluding tert-OH is 3. The smallest absolute Gasteiger partial charge is 0.167 e. The molecule has 9 heteroatoms. The van der Waals surface area contributed by atoms with E-state index in [0.717, 1.165) is 0 Å². The molecule has 0 bridgehead atoms. The first-order valence-electron chi connectivity index (χ1n) is 6.19. The molecule has 2 aromatic heterocycles. The highest BCUT2D eigenvalue weighted by Crippen LogP contribution is 2.53. The lowest BCUT2D eigenvalue weighted by molar-refractivity contribution is -0.0633. The second kappa shape index (κ2) is 3.64. The highest BCUT2D eigenvalue weighted by molar-refractivity contribution is 5.81. The Morgan fingerprint density at radius 2 is 2.05 bits per heavy atom. The number of fused-ring (bicyclic) bond motifs is 1. The normalized spacial score (nSPS) is 39.8. The second-order valence-corrected chi connectivity index (χ2v) is 5.20. The Morgan fingerprint density at radius 3 is 2.70 bits per heavy atom. The molecular weight excluding hydrogens is 266 g/mol. The molecular formula is C11H13N5O4. The van der Waals surface area contributed by atoms with E-state index in [-0.39, 0.29) is 5.82 Å². The summed E-state index contributed by atoms with van der Waals surface area (Å²) in [5, 5.41) is 29.8. The summed E-state index contributed by atoms with van der Waals surface area (Å²) in [6.45, 7) is 0. The lowest BCUT2D eigenvalue weighted by Gasteiger charge is -2.16. The summed E-state index contributed by atoms with van der Waals surface area (Å²) >= 11 is 0. The number of hydrogen-bond donors (Lipinski definition) is 4. The SMILES string of the molecule is Nc1ncnc2c1ncn2C1O[C@]2(C[C@@H]2O)C(O)[C@@H]1O. The lowest BCUT2D eigenvalue weighted by Crippen LogP contribution is -2.34. The maximum atomic E-state index is 10.1. The third-order valence-corrected chi connectivity index (χ3v) is 4.03. The number of aromatic nitrogens is 4. The number of imidazole rings is 1. The van der Waals surface area contributed by atoms with Crippen molar-refractivity contribution in [3.8, 4) is 0 Å². The van der Waals surface area contributed by atoms with E-state index in [1.54, 1.807) is 0 Å². The van der Waals surface area contributed by atoms with Crippen LogP contribution < -0.4 is 5.73 Å². The van der Waals surface area contributed by atoms with E-state index in [4.69, 9.17) is 10.5 Å². The Morgan fingerprint density at radius 1 is 1.30 bits per heavy atom. The van der Waals surface area contributed by atoms with E-state index in [1.165, 1.54) is 17.2 Å². The summed E-state index contributed by atoms with van der Waals surface area (Å²) in [6, 6.07) is 0. The molecule has 5 N–H and O–H groups in total. The van der Waals surface area contributed by atoms with Crippen molar-refractivity contribution in [2.75, 3.05) is 5.73 Å². The maximum absolute atomic E-state index is 10.1. The topological polar surface area (TPSA) is 140 Å². The minimum absolute atomic E-state index is 0.225. The molecule has 1 saturated carbocycles. The molecule has 2 aliphatic rings. The zero-order valence-electron chi connectivity index (χ0n) is 10.3. The van der Waals surface area contributed by atoms with Gasteiger partial charge in [-0.25, -0.2) is 15.0 Å². The van der Waals surface area contributed by atoms with Gasteiger partial charge in [0.2, 0.25) is 0 Å². The van der Waals surface area contributed by atoms with Crippen molar-refractivity contribution >= 4 is 17.0 Å². The monoisotopic (exact) mass is 279 g/mol. The van der Waals surface area contributed by atoms with Crippen molar-refractivity contribution in [3.05, 3.63) is 12.7 Å². The molecule has 106 valence electrons. The van der Waals surface area contributed by atoms with Gasteiger partial charge in [-0.1, -0.05) is 0 Å². The third-order valence-electron chi connectivity index (χ3n) is 4.03. The van der Waals surface area contributed by atoms with Crippen LogP contribution in [0.15, 0.2) is 12.7 Å². The molecule has 5 atom stereocenters. The molecule has 0 aromatic carbocycles. The molecule has 3 heterocycles. The first-order chi connectivity index (χ1) is 9.54. The van der Waals surface area contributed by atoms with E-state index >= 15 is 0 Å². The van der Waals surface area contributed by atoms with Crippen molar-refractivity contribution in [1.82, 2.24) is 19.5 Å². The van der Waals surface area contributed by atoms with Gasteiger partial charge in [-0.3, -0.25) is 4.57 Å². The maximum Gasteiger partial charge on any atom is 0.167 e. The van der Waals surface area contributed by atoms with Gasteiger partial charge < -0.3 is 25.8 Å². The van der Waals surface area contributed by atoms with Gasteiger partial charge in [-0.15, -0.1) is 0 Å². The summed E-state index contributed by atoms with van der Waals surface area (Å²) in [5.74, 6) is 0.225. The van der Waals surface area contributed by atoms with E-state index < -0.39 is 30.1 Å². The second-order valence-electron chi connectivity index (χ2n) is 5.20.